The van der Waals surface area contributed by atoms with E-state index in [-0.39, 0.29) is 12.2 Å². The Hall–Kier alpha value is -1.40. The summed E-state index contributed by atoms with van der Waals surface area (Å²) in [4.78, 5) is 12.7. The molecule has 0 unspecified atom stereocenters. The van der Waals surface area contributed by atoms with E-state index in [2.05, 4.69) is 10.00 Å². The number of likely N-dealkylation sites (tertiary alicyclic amines) is 1. The van der Waals surface area contributed by atoms with Gasteiger partial charge in [0.1, 0.15) is 6.61 Å². The number of aromatic nitrogens is 2. The average Bonchev–Trinajstić information content (AvgIpc) is 2.66. The normalized spacial score (nSPS) is 18.6. The molecule has 1 N–H and O–H groups in total. The van der Waals surface area contributed by atoms with E-state index in [9.17, 15) is 4.79 Å². The van der Waals surface area contributed by atoms with Gasteiger partial charge in [0, 0.05) is 32.9 Å². The fourth-order valence-electron chi connectivity index (χ4n) is 2.27. The molecule has 0 saturated carbocycles. The largest absolute Gasteiger partial charge is 0.480 e. The van der Waals surface area contributed by atoms with Crippen molar-refractivity contribution < 1.29 is 14.6 Å². The number of carboxylic acids is 1. The molecule has 2 heterocycles. The van der Waals surface area contributed by atoms with E-state index in [1.807, 2.05) is 26.4 Å². The van der Waals surface area contributed by atoms with Crippen LogP contribution in [0.5, 0.6) is 0 Å². The molecule has 1 aliphatic heterocycles. The first-order valence-electron chi connectivity index (χ1n) is 6.02. The third-order valence-corrected chi connectivity index (χ3v) is 3.14. The lowest BCUT2D eigenvalue weighted by Gasteiger charge is -2.47. The SMILES string of the molecule is Cn1cc(CCN2CC(C)(OCC(=O)O)C2)cn1. The third-order valence-electron chi connectivity index (χ3n) is 3.14. The van der Waals surface area contributed by atoms with Crippen LogP contribution in [0.15, 0.2) is 12.4 Å². The Morgan fingerprint density at radius 2 is 2.33 bits per heavy atom. The molecule has 0 atom stereocenters. The zero-order valence-corrected chi connectivity index (χ0v) is 10.8. The molecule has 1 fully saturated rings. The monoisotopic (exact) mass is 253 g/mol. The van der Waals surface area contributed by atoms with Gasteiger partial charge in [-0.05, 0) is 18.9 Å². The summed E-state index contributed by atoms with van der Waals surface area (Å²) in [6.07, 6.45) is 4.85. The van der Waals surface area contributed by atoms with E-state index in [0.717, 1.165) is 26.1 Å². The second-order valence-corrected chi connectivity index (χ2v) is 5.12. The first-order valence-corrected chi connectivity index (χ1v) is 6.02. The van der Waals surface area contributed by atoms with Crippen molar-refractivity contribution in [2.45, 2.75) is 18.9 Å². The molecule has 0 amide bonds. The highest BCUT2D eigenvalue weighted by Crippen LogP contribution is 2.24. The van der Waals surface area contributed by atoms with Crippen LogP contribution in [0.3, 0.4) is 0 Å². The van der Waals surface area contributed by atoms with Crippen LogP contribution in [0.25, 0.3) is 0 Å². The molecule has 1 aliphatic rings. The van der Waals surface area contributed by atoms with Gasteiger partial charge in [0.05, 0.1) is 11.8 Å². The van der Waals surface area contributed by atoms with Crippen molar-refractivity contribution in [3.05, 3.63) is 18.0 Å². The van der Waals surface area contributed by atoms with Crippen molar-refractivity contribution in [1.82, 2.24) is 14.7 Å². The van der Waals surface area contributed by atoms with Gasteiger partial charge in [0.2, 0.25) is 0 Å². The maximum absolute atomic E-state index is 10.4. The fourth-order valence-corrected chi connectivity index (χ4v) is 2.27. The van der Waals surface area contributed by atoms with Crippen molar-refractivity contribution in [3.8, 4) is 0 Å². The Labute approximate surface area is 106 Å². The molecule has 100 valence electrons. The Morgan fingerprint density at radius 1 is 1.61 bits per heavy atom. The van der Waals surface area contributed by atoms with E-state index >= 15 is 0 Å². The summed E-state index contributed by atoms with van der Waals surface area (Å²) in [7, 11) is 1.91. The van der Waals surface area contributed by atoms with Gasteiger partial charge in [-0.2, -0.15) is 5.10 Å². The summed E-state index contributed by atoms with van der Waals surface area (Å²) in [5.74, 6) is -0.912. The molecular formula is C12H19N3O3. The standard InChI is InChI=1S/C12H19N3O3/c1-12(18-7-11(16)17)8-15(9-12)4-3-10-5-13-14(2)6-10/h5-6H,3-4,7-9H2,1-2H3,(H,16,17). The Balaban J connectivity index is 1.68. The predicted molar refractivity (Wildman–Crippen MR) is 65.3 cm³/mol. The van der Waals surface area contributed by atoms with Crippen LogP contribution in [0.4, 0.5) is 0 Å². The molecular weight excluding hydrogens is 234 g/mol. The van der Waals surface area contributed by atoms with Gasteiger partial charge in [-0.3, -0.25) is 9.58 Å². The quantitative estimate of drug-likeness (QED) is 0.781. The number of hydrogen-bond acceptors (Lipinski definition) is 4. The van der Waals surface area contributed by atoms with Crippen LogP contribution < -0.4 is 0 Å². The van der Waals surface area contributed by atoms with E-state index in [4.69, 9.17) is 9.84 Å². The van der Waals surface area contributed by atoms with Crippen molar-refractivity contribution in [2.75, 3.05) is 26.2 Å². The molecule has 18 heavy (non-hydrogen) atoms. The first-order chi connectivity index (χ1) is 8.47. The van der Waals surface area contributed by atoms with Crippen molar-refractivity contribution in [3.63, 3.8) is 0 Å². The minimum atomic E-state index is -0.912. The molecule has 6 nitrogen and oxygen atoms in total. The van der Waals surface area contributed by atoms with Gasteiger partial charge in [-0.25, -0.2) is 4.79 Å². The van der Waals surface area contributed by atoms with E-state index in [1.54, 1.807) is 4.68 Å². The lowest BCUT2D eigenvalue weighted by atomic mass is 9.96. The van der Waals surface area contributed by atoms with Gasteiger partial charge in [0.15, 0.2) is 0 Å². The van der Waals surface area contributed by atoms with Crippen LogP contribution >= 0.6 is 0 Å². The van der Waals surface area contributed by atoms with Gasteiger partial charge < -0.3 is 9.84 Å². The molecule has 6 heteroatoms. The number of rotatable bonds is 6. The molecule has 1 saturated heterocycles. The van der Waals surface area contributed by atoms with Crippen LogP contribution in [0.2, 0.25) is 0 Å². The van der Waals surface area contributed by atoms with Crippen molar-refractivity contribution in [1.29, 1.82) is 0 Å². The number of ether oxygens (including phenoxy) is 1. The molecule has 0 bridgehead atoms. The molecule has 1 aromatic rings. The predicted octanol–water partition coefficient (Wildman–Crippen LogP) is 0.138. The summed E-state index contributed by atoms with van der Waals surface area (Å²) < 4.78 is 7.15. The Bertz CT molecular complexity index is 424. The van der Waals surface area contributed by atoms with E-state index in [0.29, 0.717) is 0 Å². The molecule has 0 spiro atoms. The summed E-state index contributed by atoms with van der Waals surface area (Å²) in [5, 5.41) is 12.7. The first kappa shape index (κ1) is 13.0. The van der Waals surface area contributed by atoms with Gasteiger partial charge in [0.25, 0.3) is 0 Å². The van der Waals surface area contributed by atoms with Crippen LogP contribution in [-0.4, -0.2) is 57.6 Å². The Kier molecular flexibility index (Phi) is 3.68. The average molecular weight is 253 g/mol. The van der Waals surface area contributed by atoms with Crippen LogP contribution in [0.1, 0.15) is 12.5 Å². The summed E-state index contributed by atoms with van der Waals surface area (Å²) in [6.45, 7) is 4.28. The van der Waals surface area contributed by atoms with Crippen molar-refractivity contribution in [2.24, 2.45) is 7.05 Å². The summed E-state index contributed by atoms with van der Waals surface area (Å²) in [5.41, 5.74) is 0.922. The Morgan fingerprint density at radius 3 is 2.89 bits per heavy atom. The lowest BCUT2D eigenvalue weighted by molar-refractivity contribution is -0.164. The number of aryl methyl sites for hydroxylation is 1. The minimum absolute atomic E-state index is 0.215. The van der Waals surface area contributed by atoms with Gasteiger partial charge in [-0.15, -0.1) is 0 Å². The topological polar surface area (TPSA) is 67.6 Å². The minimum Gasteiger partial charge on any atom is -0.480 e. The molecule has 1 aromatic heterocycles. The summed E-state index contributed by atoms with van der Waals surface area (Å²) >= 11 is 0. The lowest BCUT2D eigenvalue weighted by Crippen LogP contribution is -2.61. The number of hydrogen-bond donors (Lipinski definition) is 1. The molecule has 0 aliphatic carbocycles. The zero-order chi connectivity index (χ0) is 13.2. The smallest absolute Gasteiger partial charge is 0.329 e. The fraction of sp³-hybridized carbons (Fsp3) is 0.667. The van der Waals surface area contributed by atoms with E-state index < -0.39 is 5.97 Å². The number of nitrogens with zero attached hydrogens (tertiary/aromatic N) is 3. The molecule has 0 radical (unpaired) electrons. The number of carbonyl (C=O) groups is 1. The van der Waals surface area contributed by atoms with E-state index in [1.165, 1.54) is 5.56 Å². The highest BCUT2D eigenvalue weighted by atomic mass is 16.5. The number of carboxylic acid groups (broad SMARTS) is 1. The molecule has 0 aromatic carbocycles. The van der Waals surface area contributed by atoms with Crippen LogP contribution in [-0.2, 0) is 23.0 Å². The summed E-state index contributed by atoms with van der Waals surface area (Å²) in [6, 6.07) is 0. The van der Waals surface area contributed by atoms with Crippen molar-refractivity contribution >= 4 is 5.97 Å². The highest BCUT2D eigenvalue weighted by Gasteiger charge is 2.39. The second kappa shape index (κ2) is 5.07. The number of aliphatic carboxylic acids is 1. The van der Waals surface area contributed by atoms with Gasteiger partial charge >= 0.3 is 5.97 Å². The third kappa shape index (κ3) is 3.30. The van der Waals surface area contributed by atoms with Crippen LogP contribution in [0, 0.1) is 0 Å². The van der Waals surface area contributed by atoms with Gasteiger partial charge in [-0.1, -0.05) is 0 Å². The second-order valence-electron chi connectivity index (χ2n) is 5.12. The maximum atomic E-state index is 10.4. The molecule has 2 rings (SSSR count). The highest BCUT2D eigenvalue weighted by molar-refractivity contribution is 5.68. The maximum Gasteiger partial charge on any atom is 0.329 e. The zero-order valence-electron chi connectivity index (χ0n) is 10.8.